The molecule has 0 unspecified atom stereocenters. The molecule has 0 aliphatic heterocycles. The Balaban J connectivity index is 2.76. The maximum absolute atomic E-state index is 11.2. The van der Waals surface area contributed by atoms with Crippen molar-refractivity contribution in [1.29, 1.82) is 0 Å². The minimum Gasteiger partial charge on any atom is -0.468 e. The second kappa shape index (κ2) is 4.81. The van der Waals surface area contributed by atoms with E-state index in [0.29, 0.717) is 0 Å². The SMILES string of the molecule is CN[C@H](c1ccco1)[C@H](C)CS(C)(=O)=O. The Hall–Kier alpha value is -0.810. The van der Waals surface area contributed by atoms with Gasteiger partial charge in [0.2, 0.25) is 0 Å². The quantitative estimate of drug-likeness (QED) is 0.827. The van der Waals surface area contributed by atoms with Crippen LogP contribution in [0.1, 0.15) is 18.7 Å². The lowest BCUT2D eigenvalue weighted by molar-refractivity contribution is 0.360. The molecular weight excluding hydrogens is 214 g/mol. The van der Waals surface area contributed by atoms with E-state index in [9.17, 15) is 8.42 Å². The predicted molar refractivity (Wildman–Crippen MR) is 59.4 cm³/mol. The van der Waals surface area contributed by atoms with Crippen LogP contribution in [0.15, 0.2) is 22.8 Å². The number of rotatable bonds is 5. The van der Waals surface area contributed by atoms with Crippen LogP contribution in [0, 0.1) is 5.92 Å². The van der Waals surface area contributed by atoms with Crippen molar-refractivity contribution in [2.45, 2.75) is 13.0 Å². The van der Waals surface area contributed by atoms with Crippen molar-refractivity contribution in [2.75, 3.05) is 19.1 Å². The summed E-state index contributed by atoms with van der Waals surface area (Å²) in [5.74, 6) is 0.906. The Labute approximate surface area is 90.6 Å². The lowest BCUT2D eigenvalue weighted by Gasteiger charge is -2.20. The van der Waals surface area contributed by atoms with E-state index in [1.54, 1.807) is 19.4 Å². The Morgan fingerprint density at radius 1 is 1.53 bits per heavy atom. The third-order valence-corrected chi connectivity index (χ3v) is 3.43. The molecule has 4 nitrogen and oxygen atoms in total. The predicted octanol–water partition coefficient (Wildman–Crippen LogP) is 1.22. The molecule has 0 bridgehead atoms. The van der Waals surface area contributed by atoms with Gasteiger partial charge < -0.3 is 9.73 Å². The van der Waals surface area contributed by atoms with Gasteiger partial charge in [0.1, 0.15) is 15.6 Å². The molecule has 0 aliphatic rings. The number of furan rings is 1. The highest BCUT2D eigenvalue weighted by atomic mass is 32.2. The van der Waals surface area contributed by atoms with Crippen LogP contribution in [0.2, 0.25) is 0 Å². The molecule has 2 atom stereocenters. The van der Waals surface area contributed by atoms with Gasteiger partial charge in [0.25, 0.3) is 0 Å². The highest BCUT2D eigenvalue weighted by Crippen LogP contribution is 2.22. The summed E-state index contributed by atoms with van der Waals surface area (Å²) < 4.78 is 27.6. The molecule has 1 heterocycles. The summed E-state index contributed by atoms with van der Waals surface area (Å²) in [6, 6.07) is 3.59. The number of hydrogen-bond donors (Lipinski definition) is 1. The van der Waals surface area contributed by atoms with Gasteiger partial charge in [-0.1, -0.05) is 6.92 Å². The van der Waals surface area contributed by atoms with E-state index in [1.807, 2.05) is 13.0 Å². The molecule has 0 amide bonds. The third-order valence-electron chi connectivity index (χ3n) is 2.30. The average Bonchev–Trinajstić information content (AvgIpc) is 2.54. The van der Waals surface area contributed by atoms with Gasteiger partial charge in [0.15, 0.2) is 0 Å². The fourth-order valence-corrected chi connectivity index (χ4v) is 2.90. The molecule has 86 valence electrons. The van der Waals surface area contributed by atoms with E-state index < -0.39 is 9.84 Å². The molecule has 0 radical (unpaired) electrons. The molecule has 0 aliphatic carbocycles. The van der Waals surface area contributed by atoms with Crippen LogP contribution in [-0.4, -0.2) is 27.5 Å². The van der Waals surface area contributed by atoms with Crippen molar-refractivity contribution in [3.05, 3.63) is 24.2 Å². The normalized spacial score (nSPS) is 16.2. The highest BCUT2D eigenvalue weighted by molar-refractivity contribution is 7.90. The van der Waals surface area contributed by atoms with Crippen LogP contribution < -0.4 is 5.32 Å². The van der Waals surface area contributed by atoms with Gasteiger partial charge in [-0.15, -0.1) is 0 Å². The van der Waals surface area contributed by atoms with Crippen LogP contribution >= 0.6 is 0 Å². The van der Waals surface area contributed by atoms with Crippen LogP contribution in [0.25, 0.3) is 0 Å². The van der Waals surface area contributed by atoms with Crippen LogP contribution in [0.3, 0.4) is 0 Å². The fraction of sp³-hybridized carbons (Fsp3) is 0.600. The maximum Gasteiger partial charge on any atom is 0.147 e. The lowest BCUT2D eigenvalue weighted by Crippen LogP contribution is -2.27. The van der Waals surface area contributed by atoms with Gasteiger partial charge in [-0.2, -0.15) is 0 Å². The van der Waals surface area contributed by atoms with Crippen molar-refractivity contribution in [3.63, 3.8) is 0 Å². The van der Waals surface area contributed by atoms with Crippen LogP contribution in [0.4, 0.5) is 0 Å². The zero-order chi connectivity index (χ0) is 11.5. The summed E-state index contributed by atoms with van der Waals surface area (Å²) in [5, 5.41) is 3.07. The first-order valence-electron chi connectivity index (χ1n) is 4.82. The van der Waals surface area contributed by atoms with E-state index in [4.69, 9.17) is 4.42 Å². The van der Waals surface area contributed by atoms with Crippen LogP contribution in [-0.2, 0) is 9.84 Å². The summed E-state index contributed by atoms with van der Waals surface area (Å²) >= 11 is 0. The van der Waals surface area contributed by atoms with Gasteiger partial charge in [0.05, 0.1) is 18.1 Å². The summed E-state index contributed by atoms with van der Waals surface area (Å²) in [5.41, 5.74) is 0. The Kier molecular flexibility index (Phi) is 3.93. The smallest absolute Gasteiger partial charge is 0.147 e. The zero-order valence-electron chi connectivity index (χ0n) is 9.23. The van der Waals surface area contributed by atoms with E-state index in [2.05, 4.69) is 5.32 Å². The van der Waals surface area contributed by atoms with Crippen molar-refractivity contribution >= 4 is 9.84 Å². The largest absolute Gasteiger partial charge is 0.468 e. The van der Waals surface area contributed by atoms with Crippen molar-refractivity contribution in [3.8, 4) is 0 Å². The molecule has 1 aromatic rings. The zero-order valence-corrected chi connectivity index (χ0v) is 10.0. The number of hydrogen-bond acceptors (Lipinski definition) is 4. The molecule has 15 heavy (non-hydrogen) atoms. The molecule has 0 fully saturated rings. The highest BCUT2D eigenvalue weighted by Gasteiger charge is 2.23. The van der Waals surface area contributed by atoms with E-state index in [0.717, 1.165) is 5.76 Å². The monoisotopic (exact) mass is 231 g/mol. The van der Waals surface area contributed by atoms with E-state index >= 15 is 0 Å². The minimum atomic E-state index is -2.95. The first-order valence-corrected chi connectivity index (χ1v) is 6.88. The van der Waals surface area contributed by atoms with Gasteiger partial charge >= 0.3 is 0 Å². The van der Waals surface area contributed by atoms with Gasteiger partial charge in [-0.3, -0.25) is 0 Å². The molecule has 5 heteroatoms. The topological polar surface area (TPSA) is 59.3 Å². The van der Waals surface area contributed by atoms with Crippen molar-refractivity contribution < 1.29 is 12.8 Å². The van der Waals surface area contributed by atoms with Gasteiger partial charge in [0, 0.05) is 6.26 Å². The summed E-state index contributed by atoms with van der Waals surface area (Å²) in [7, 11) is -1.15. The Morgan fingerprint density at radius 2 is 2.20 bits per heavy atom. The molecule has 1 rings (SSSR count). The molecular formula is C10H17NO3S. The van der Waals surface area contributed by atoms with Crippen molar-refractivity contribution in [1.82, 2.24) is 5.32 Å². The molecule has 0 saturated carbocycles. The third kappa shape index (κ3) is 3.68. The summed E-state index contributed by atoms with van der Waals surface area (Å²) in [6.07, 6.45) is 2.84. The second-order valence-corrected chi connectivity index (χ2v) is 6.04. The Morgan fingerprint density at radius 3 is 2.60 bits per heavy atom. The number of nitrogens with one attached hydrogen (secondary N) is 1. The average molecular weight is 231 g/mol. The van der Waals surface area contributed by atoms with Crippen LogP contribution in [0.5, 0.6) is 0 Å². The minimum absolute atomic E-state index is 0.0175. The van der Waals surface area contributed by atoms with E-state index in [-0.39, 0.29) is 17.7 Å². The van der Waals surface area contributed by atoms with Gasteiger partial charge in [-0.25, -0.2) is 8.42 Å². The standard InChI is InChI=1S/C10H17NO3S/c1-8(7-15(3,12)13)10(11-2)9-5-4-6-14-9/h4-6,8,10-11H,7H2,1-3H3/t8-,10+/m1/s1. The first kappa shape index (κ1) is 12.3. The molecule has 0 saturated heterocycles. The molecule has 1 aromatic heterocycles. The number of sulfone groups is 1. The van der Waals surface area contributed by atoms with Gasteiger partial charge in [-0.05, 0) is 25.1 Å². The summed E-state index contributed by atoms with van der Waals surface area (Å²) in [4.78, 5) is 0. The Bertz CT molecular complexity index is 383. The summed E-state index contributed by atoms with van der Waals surface area (Å²) in [6.45, 7) is 1.89. The molecule has 1 N–H and O–H groups in total. The second-order valence-electron chi connectivity index (χ2n) is 3.85. The maximum atomic E-state index is 11.2. The van der Waals surface area contributed by atoms with E-state index in [1.165, 1.54) is 6.26 Å². The molecule has 0 aromatic carbocycles. The molecule has 0 spiro atoms. The lowest BCUT2D eigenvalue weighted by atomic mass is 10.0. The fourth-order valence-electron chi connectivity index (χ4n) is 1.75. The van der Waals surface area contributed by atoms with Crippen molar-refractivity contribution in [2.24, 2.45) is 5.92 Å². The first-order chi connectivity index (χ1) is 6.94.